The van der Waals surface area contributed by atoms with Crippen molar-refractivity contribution in [2.45, 2.75) is 31.7 Å². The molecule has 2 N–H and O–H groups in total. The number of aromatic nitrogens is 1. The zero-order valence-corrected chi connectivity index (χ0v) is 9.72. The average molecular weight is 224 g/mol. The smallest absolute Gasteiger partial charge is 0.225 e. The van der Waals surface area contributed by atoms with Crippen molar-refractivity contribution in [3.63, 3.8) is 0 Å². The first-order valence-corrected chi connectivity index (χ1v) is 6.01. The first-order valence-electron chi connectivity index (χ1n) is 5.23. The van der Waals surface area contributed by atoms with Crippen LogP contribution in [0, 0.1) is 0 Å². The minimum absolute atomic E-state index is 0.347. The zero-order chi connectivity index (χ0) is 10.7. The fourth-order valence-electron chi connectivity index (χ4n) is 1.90. The number of nitrogens with two attached hydrogens (primary N) is 1. The highest BCUT2D eigenvalue weighted by Gasteiger charge is 2.13. The van der Waals surface area contributed by atoms with E-state index in [0.717, 1.165) is 17.7 Å². The van der Waals surface area contributed by atoms with Crippen LogP contribution in [0.1, 0.15) is 30.6 Å². The Morgan fingerprint density at radius 1 is 1.67 bits per heavy atom. The van der Waals surface area contributed by atoms with Crippen LogP contribution in [0.3, 0.4) is 0 Å². The van der Waals surface area contributed by atoms with Crippen molar-refractivity contribution in [2.24, 2.45) is 5.73 Å². The highest BCUT2D eigenvalue weighted by molar-refractivity contribution is 7.06. The van der Waals surface area contributed by atoms with Crippen molar-refractivity contribution in [1.29, 1.82) is 0 Å². The monoisotopic (exact) mass is 224 g/mol. The average Bonchev–Trinajstić information content (AvgIpc) is 2.65. The summed E-state index contributed by atoms with van der Waals surface area (Å²) in [5.41, 5.74) is 7.38. The Balaban J connectivity index is 2.07. The summed E-state index contributed by atoms with van der Waals surface area (Å²) in [6.45, 7) is 0. The van der Waals surface area contributed by atoms with Gasteiger partial charge in [-0.2, -0.15) is 4.37 Å². The van der Waals surface area contributed by atoms with Gasteiger partial charge in [-0.25, -0.2) is 0 Å². The van der Waals surface area contributed by atoms with Gasteiger partial charge >= 0.3 is 0 Å². The first kappa shape index (κ1) is 10.6. The van der Waals surface area contributed by atoms with E-state index in [2.05, 4.69) is 10.4 Å². The predicted octanol–water partition coefficient (Wildman–Crippen LogP) is 2.44. The molecule has 0 saturated heterocycles. The summed E-state index contributed by atoms with van der Waals surface area (Å²) in [5, 5.41) is 0. The third-order valence-corrected chi connectivity index (χ3v) is 3.38. The minimum atomic E-state index is 0.347. The first-order chi connectivity index (χ1) is 7.28. The number of hydrogen-bond donors (Lipinski definition) is 1. The maximum atomic E-state index is 5.93. The third-order valence-electron chi connectivity index (χ3n) is 2.66. The molecular formula is C11H16N2OS. The van der Waals surface area contributed by atoms with Crippen LogP contribution in [0.2, 0.25) is 0 Å². The van der Waals surface area contributed by atoms with Crippen molar-refractivity contribution < 1.29 is 4.74 Å². The second kappa shape index (κ2) is 4.77. The van der Waals surface area contributed by atoms with Gasteiger partial charge in [0, 0.05) is 12.1 Å². The van der Waals surface area contributed by atoms with Crippen molar-refractivity contribution in [3.8, 4) is 5.88 Å². The Bertz CT molecular complexity index is 359. The van der Waals surface area contributed by atoms with Crippen LogP contribution in [-0.2, 0) is 0 Å². The molecule has 3 nitrogen and oxygen atoms in total. The van der Waals surface area contributed by atoms with Gasteiger partial charge < -0.3 is 10.5 Å². The summed E-state index contributed by atoms with van der Waals surface area (Å²) in [7, 11) is 1.64. The Hall–Kier alpha value is -0.870. The lowest BCUT2D eigenvalue weighted by Crippen LogP contribution is -2.23. The summed E-state index contributed by atoms with van der Waals surface area (Å²) >= 11 is 1.48. The topological polar surface area (TPSA) is 48.1 Å². The molecule has 1 aliphatic rings. The molecule has 1 heterocycles. The molecule has 0 radical (unpaired) electrons. The van der Waals surface area contributed by atoms with E-state index >= 15 is 0 Å². The summed E-state index contributed by atoms with van der Waals surface area (Å²) < 4.78 is 9.21. The third kappa shape index (κ3) is 2.79. The quantitative estimate of drug-likeness (QED) is 0.839. The minimum Gasteiger partial charge on any atom is -0.480 e. The van der Waals surface area contributed by atoms with Crippen LogP contribution >= 0.6 is 11.5 Å². The molecule has 4 heteroatoms. The Labute approximate surface area is 94.1 Å². The molecule has 0 amide bonds. The standard InChI is InChI=1S/C11H16N2OS/c1-14-11-7-10(15-13-11)6-8-3-2-4-9(12)5-8/h6-7,9H,2-5,12H2,1H3. The van der Waals surface area contributed by atoms with Gasteiger partial charge in [0.2, 0.25) is 5.88 Å². The van der Waals surface area contributed by atoms with Crippen LogP contribution in [-0.4, -0.2) is 17.5 Å². The van der Waals surface area contributed by atoms with Gasteiger partial charge in [-0.1, -0.05) is 5.57 Å². The number of rotatable bonds is 2. The molecule has 1 aliphatic carbocycles. The number of ether oxygens (including phenoxy) is 1. The van der Waals surface area contributed by atoms with Gasteiger partial charge in [0.25, 0.3) is 0 Å². The van der Waals surface area contributed by atoms with Gasteiger partial charge in [0.15, 0.2) is 0 Å². The lowest BCUT2D eigenvalue weighted by atomic mass is 9.91. The molecule has 2 rings (SSSR count). The van der Waals surface area contributed by atoms with Crippen molar-refractivity contribution in [2.75, 3.05) is 7.11 Å². The molecule has 1 aromatic heterocycles. The number of nitrogens with zero attached hydrogens (tertiary/aromatic N) is 1. The molecule has 1 aromatic rings. The van der Waals surface area contributed by atoms with E-state index in [1.807, 2.05) is 6.07 Å². The lowest BCUT2D eigenvalue weighted by Gasteiger charge is -2.19. The van der Waals surface area contributed by atoms with Crippen LogP contribution in [0.4, 0.5) is 0 Å². The highest BCUT2D eigenvalue weighted by atomic mass is 32.1. The molecule has 1 unspecified atom stereocenters. The molecule has 1 saturated carbocycles. The van der Waals surface area contributed by atoms with Gasteiger partial charge in [0.05, 0.1) is 12.0 Å². The summed E-state index contributed by atoms with van der Waals surface area (Å²) in [5.74, 6) is 0.701. The fraction of sp³-hybridized carbons (Fsp3) is 0.545. The largest absolute Gasteiger partial charge is 0.480 e. The van der Waals surface area contributed by atoms with E-state index in [1.165, 1.54) is 29.9 Å². The van der Waals surface area contributed by atoms with Crippen molar-refractivity contribution >= 4 is 17.6 Å². The summed E-state index contributed by atoms with van der Waals surface area (Å²) in [6, 6.07) is 2.32. The van der Waals surface area contributed by atoms with Gasteiger partial charge in [-0.15, -0.1) is 0 Å². The highest BCUT2D eigenvalue weighted by Crippen LogP contribution is 2.26. The molecule has 15 heavy (non-hydrogen) atoms. The van der Waals surface area contributed by atoms with Crippen LogP contribution < -0.4 is 10.5 Å². The van der Waals surface area contributed by atoms with Gasteiger partial charge in [-0.05, 0) is 43.3 Å². The molecular weight excluding hydrogens is 208 g/mol. The van der Waals surface area contributed by atoms with E-state index in [4.69, 9.17) is 10.5 Å². The summed E-state index contributed by atoms with van der Waals surface area (Å²) in [6.07, 6.45) is 6.78. The van der Waals surface area contributed by atoms with Crippen LogP contribution in [0.25, 0.3) is 6.08 Å². The molecule has 82 valence electrons. The molecule has 1 atom stereocenters. The zero-order valence-electron chi connectivity index (χ0n) is 8.90. The second-order valence-corrected chi connectivity index (χ2v) is 4.77. The van der Waals surface area contributed by atoms with Crippen LogP contribution in [0.5, 0.6) is 5.88 Å². The van der Waals surface area contributed by atoms with E-state index in [0.29, 0.717) is 11.9 Å². The van der Waals surface area contributed by atoms with E-state index in [-0.39, 0.29) is 0 Å². The molecule has 0 aliphatic heterocycles. The molecule has 0 spiro atoms. The van der Waals surface area contributed by atoms with E-state index in [9.17, 15) is 0 Å². The molecule has 0 bridgehead atoms. The lowest BCUT2D eigenvalue weighted by molar-refractivity contribution is 0.402. The molecule has 0 aromatic carbocycles. The van der Waals surface area contributed by atoms with Gasteiger partial charge in [0.1, 0.15) is 0 Å². The fourth-order valence-corrected chi connectivity index (χ4v) is 2.60. The Morgan fingerprint density at radius 2 is 2.53 bits per heavy atom. The van der Waals surface area contributed by atoms with Crippen molar-refractivity contribution in [1.82, 2.24) is 4.37 Å². The number of methoxy groups -OCH3 is 1. The Kier molecular flexibility index (Phi) is 3.38. The second-order valence-electron chi connectivity index (χ2n) is 3.93. The predicted molar refractivity (Wildman–Crippen MR) is 63.1 cm³/mol. The summed E-state index contributed by atoms with van der Waals surface area (Å²) in [4.78, 5) is 1.16. The maximum Gasteiger partial charge on any atom is 0.225 e. The van der Waals surface area contributed by atoms with E-state index in [1.54, 1.807) is 7.11 Å². The normalized spacial score (nSPS) is 24.4. The molecule has 1 fully saturated rings. The SMILES string of the molecule is COc1cc(C=C2CCCC(N)C2)sn1. The van der Waals surface area contributed by atoms with Gasteiger partial charge in [-0.3, -0.25) is 0 Å². The van der Waals surface area contributed by atoms with E-state index < -0.39 is 0 Å². The maximum absolute atomic E-state index is 5.93. The van der Waals surface area contributed by atoms with Crippen LogP contribution in [0.15, 0.2) is 11.6 Å². The van der Waals surface area contributed by atoms with Crippen molar-refractivity contribution in [3.05, 3.63) is 16.5 Å². The Morgan fingerprint density at radius 3 is 3.20 bits per heavy atom. The number of hydrogen-bond acceptors (Lipinski definition) is 4.